The van der Waals surface area contributed by atoms with Crippen LogP contribution in [0, 0.1) is 23.7 Å². The summed E-state index contributed by atoms with van der Waals surface area (Å²) in [7, 11) is 1.38. The first kappa shape index (κ1) is 30.7. The van der Waals surface area contributed by atoms with Gasteiger partial charge in [-0.2, -0.15) is 16.9 Å². The lowest BCUT2D eigenvalue weighted by Crippen LogP contribution is -2.46. The Morgan fingerprint density at radius 2 is 1.95 bits per heavy atom. The SMILES string of the molecule is CCOC(=O)C1CC(Sc2ncn[nH]2)C2C(C(=O)OC)C12.CSCCC(NC(=O)OC(C)(C)C)C(N)=O. The Bertz CT molecular complexity index is 925. The van der Waals surface area contributed by atoms with Crippen molar-refractivity contribution in [2.45, 2.75) is 62.6 Å². The molecule has 14 heteroatoms. The monoisotopic (exact) mass is 559 g/mol. The van der Waals surface area contributed by atoms with Gasteiger partial charge in [0.05, 0.1) is 25.6 Å². The molecule has 2 aliphatic rings. The van der Waals surface area contributed by atoms with E-state index in [9.17, 15) is 19.2 Å². The summed E-state index contributed by atoms with van der Waals surface area (Å²) in [4.78, 5) is 50.4. The number of primary amides is 1. The second kappa shape index (κ2) is 13.9. The van der Waals surface area contributed by atoms with E-state index < -0.39 is 23.6 Å². The number of thioether (sulfide) groups is 2. The minimum Gasteiger partial charge on any atom is -0.469 e. The smallest absolute Gasteiger partial charge is 0.408 e. The zero-order valence-corrected chi connectivity index (χ0v) is 23.6. The second-order valence-corrected chi connectivity index (χ2v) is 11.8. The van der Waals surface area contributed by atoms with Crippen molar-refractivity contribution in [1.82, 2.24) is 20.5 Å². The zero-order chi connectivity index (χ0) is 27.8. The number of nitrogens with two attached hydrogens (primary N) is 1. The fourth-order valence-electron chi connectivity index (χ4n) is 4.37. The lowest BCUT2D eigenvalue weighted by atomic mass is 10.00. The van der Waals surface area contributed by atoms with Crippen molar-refractivity contribution in [3.05, 3.63) is 6.33 Å². The lowest BCUT2D eigenvalue weighted by molar-refractivity contribution is -0.149. The average Bonchev–Trinajstić information content (AvgIpc) is 3.12. The van der Waals surface area contributed by atoms with Crippen molar-refractivity contribution in [3.8, 4) is 0 Å². The van der Waals surface area contributed by atoms with Crippen LogP contribution in [0.2, 0.25) is 0 Å². The van der Waals surface area contributed by atoms with Crippen molar-refractivity contribution < 1.29 is 33.4 Å². The molecule has 0 saturated heterocycles. The lowest BCUT2D eigenvalue weighted by Gasteiger charge is -2.22. The number of hydrogen-bond donors (Lipinski definition) is 3. The summed E-state index contributed by atoms with van der Waals surface area (Å²) in [5, 5.41) is 9.94. The summed E-state index contributed by atoms with van der Waals surface area (Å²) in [6.07, 6.45) is 3.97. The molecule has 1 aromatic rings. The summed E-state index contributed by atoms with van der Waals surface area (Å²) in [5.74, 6) is -0.456. The number of rotatable bonds is 10. The van der Waals surface area contributed by atoms with Crippen LogP contribution in [0.25, 0.3) is 0 Å². The predicted molar refractivity (Wildman–Crippen MR) is 139 cm³/mol. The van der Waals surface area contributed by atoms with E-state index in [1.54, 1.807) is 39.5 Å². The van der Waals surface area contributed by atoms with Crippen LogP contribution < -0.4 is 11.1 Å². The molecule has 0 aromatic carbocycles. The van der Waals surface area contributed by atoms with E-state index in [1.807, 2.05) is 6.26 Å². The van der Waals surface area contributed by atoms with E-state index in [-0.39, 0.29) is 40.9 Å². The Morgan fingerprint density at radius 3 is 2.46 bits per heavy atom. The van der Waals surface area contributed by atoms with E-state index in [0.29, 0.717) is 24.6 Å². The maximum Gasteiger partial charge on any atom is 0.408 e. The number of H-pyrrole nitrogens is 1. The fourth-order valence-corrected chi connectivity index (χ4v) is 6.15. The number of carbonyl (C=O) groups excluding carboxylic acids is 4. The highest BCUT2D eigenvalue weighted by atomic mass is 32.2. The molecule has 3 rings (SSSR count). The molecule has 37 heavy (non-hydrogen) atoms. The normalized spacial score (nSPS) is 24.5. The number of hydrogen-bond acceptors (Lipinski definition) is 11. The van der Waals surface area contributed by atoms with Crippen molar-refractivity contribution in [2.24, 2.45) is 29.4 Å². The summed E-state index contributed by atoms with van der Waals surface area (Å²) < 4.78 is 15.0. The molecule has 1 heterocycles. The van der Waals surface area contributed by atoms with Crippen LogP contribution in [0.5, 0.6) is 0 Å². The summed E-state index contributed by atoms with van der Waals surface area (Å²) in [5.41, 5.74) is 4.59. The van der Waals surface area contributed by atoms with Gasteiger partial charge in [-0.1, -0.05) is 11.8 Å². The van der Waals surface area contributed by atoms with Gasteiger partial charge in [-0.15, -0.1) is 0 Å². The number of amides is 2. The van der Waals surface area contributed by atoms with Gasteiger partial charge in [0, 0.05) is 5.25 Å². The quantitative estimate of drug-likeness (QED) is 0.282. The molecule has 2 saturated carbocycles. The molecule has 2 aliphatic carbocycles. The Hall–Kier alpha value is -2.48. The van der Waals surface area contributed by atoms with E-state index in [1.165, 1.54) is 25.2 Å². The molecule has 0 aliphatic heterocycles. The first-order chi connectivity index (χ1) is 17.4. The number of nitrogens with one attached hydrogen (secondary N) is 2. The average molecular weight is 560 g/mol. The topological polar surface area (TPSA) is 176 Å². The third-order valence-electron chi connectivity index (χ3n) is 5.88. The standard InChI is InChI=1S/C13H17N3O4S.C10H20N2O3S/c1-3-20-11(17)6-4-7(21-13-14-5-15-16-13)9-8(6)10(9)12(18)19-2;1-10(2,3)15-9(14)12-7(8(11)13)5-6-16-4/h5-10H,3-4H2,1-2H3,(H,14,15,16);7H,5-6H2,1-4H3,(H2,11,13)(H,12,14). The molecule has 1 aromatic heterocycles. The van der Waals surface area contributed by atoms with Crippen molar-refractivity contribution in [3.63, 3.8) is 0 Å². The molecule has 208 valence electrons. The van der Waals surface area contributed by atoms with Gasteiger partial charge in [0.25, 0.3) is 0 Å². The van der Waals surface area contributed by atoms with Crippen LogP contribution in [-0.4, -0.2) is 81.7 Å². The Balaban J connectivity index is 0.000000273. The Kier molecular flexibility index (Phi) is 11.5. The van der Waals surface area contributed by atoms with Gasteiger partial charge in [-0.05, 0) is 64.4 Å². The molecule has 0 spiro atoms. The van der Waals surface area contributed by atoms with Crippen LogP contribution in [0.1, 0.15) is 40.5 Å². The minimum absolute atomic E-state index is 0.0388. The van der Waals surface area contributed by atoms with Gasteiger partial charge >= 0.3 is 18.0 Å². The molecular weight excluding hydrogens is 522 g/mol. The van der Waals surface area contributed by atoms with Gasteiger partial charge in [0.1, 0.15) is 18.0 Å². The molecule has 6 unspecified atom stereocenters. The van der Waals surface area contributed by atoms with E-state index in [0.717, 1.165) is 5.75 Å². The number of ether oxygens (including phenoxy) is 3. The maximum absolute atomic E-state index is 12.1. The number of carbonyl (C=O) groups is 4. The van der Waals surface area contributed by atoms with Crippen LogP contribution in [-0.2, 0) is 28.6 Å². The highest BCUT2D eigenvalue weighted by Crippen LogP contribution is 2.64. The molecule has 6 atom stereocenters. The third kappa shape index (κ3) is 9.09. The van der Waals surface area contributed by atoms with Gasteiger partial charge in [0.15, 0.2) is 5.16 Å². The summed E-state index contributed by atoms with van der Waals surface area (Å²) in [6, 6.07) is -0.665. The van der Waals surface area contributed by atoms with Crippen LogP contribution >= 0.6 is 23.5 Å². The molecule has 12 nitrogen and oxygen atoms in total. The van der Waals surface area contributed by atoms with Gasteiger partial charge < -0.3 is 25.3 Å². The van der Waals surface area contributed by atoms with Crippen molar-refractivity contribution >= 4 is 47.5 Å². The number of aromatic nitrogens is 3. The van der Waals surface area contributed by atoms with E-state index in [4.69, 9.17) is 19.9 Å². The number of nitrogens with zero attached hydrogens (tertiary/aromatic N) is 2. The molecular formula is C23H37N5O7S2. The Morgan fingerprint density at radius 1 is 1.24 bits per heavy atom. The van der Waals surface area contributed by atoms with Gasteiger partial charge in [-0.3, -0.25) is 19.5 Å². The predicted octanol–water partition coefficient (Wildman–Crippen LogP) is 2.00. The fraction of sp³-hybridized carbons (Fsp3) is 0.739. The van der Waals surface area contributed by atoms with Crippen LogP contribution in [0.15, 0.2) is 11.5 Å². The minimum atomic E-state index is -0.665. The number of alkyl carbamates (subject to hydrolysis) is 1. The van der Waals surface area contributed by atoms with Crippen LogP contribution in [0.4, 0.5) is 4.79 Å². The largest absolute Gasteiger partial charge is 0.469 e. The first-order valence-electron chi connectivity index (χ1n) is 12.0. The number of fused-ring (bicyclic) bond motifs is 1. The summed E-state index contributed by atoms with van der Waals surface area (Å²) >= 11 is 3.12. The van der Waals surface area contributed by atoms with Crippen molar-refractivity contribution in [2.75, 3.05) is 25.7 Å². The molecule has 2 fully saturated rings. The first-order valence-corrected chi connectivity index (χ1v) is 14.2. The molecule has 4 N–H and O–H groups in total. The number of aromatic amines is 1. The van der Waals surface area contributed by atoms with Crippen molar-refractivity contribution in [1.29, 1.82) is 0 Å². The van der Waals surface area contributed by atoms with E-state index in [2.05, 4.69) is 20.5 Å². The number of methoxy groups -OCH3 is 1. The Labute approximate surface area is 225 Å². The molecule has 2 amide bonds. The zero-order valence-electron chi connectivity index (χ0n) is 22.0. The molecule has 0 radical (unpaired) electrons. The number of esters is 2. The molecule has 0 bridgehead atoms. The highest BCUT2D eigenvalue weighted by molar-refractivity contribution is 7.99. The second-order valence-electron chi connectivity index (χ2n) is 9.63. The van der Waals surface area contributed by atoms with Gasteiger partial charge in [-0.25, -0.2) is 9.78 Å². The highest BCUT2D eigenvalue weighted by Gasteiger charge is 2.68. The van der Waals surface area contributed by atoms with Gasteiger partial charge in [0.2, 0.25) is 5.91 Å². The summed E-state index contributed by atoms with van der Waals surface area (Å²) in [6.45, 7) is 7.42. The maximum atomic E-state index is 12.1. The third-order valence-corrected chi connectivity index (χ3v) is 7.75. The van der Waals surface area contributed by atoms with Crippen LogP contribution in [0.3, 0.4) is 0 Å². The van der Waals surface area contributed by atoms with E-state index >= 15 is 0 Å².